The van der Waals surface area contributed by atoms with Crippen LogP contribution in [0, 0.1) is 0 Å². The third kappa shape index (κ3) is 3.26. The van der Waals surface area contributed by atoms with Gasteiger partial charge in [0.1, 0.15) is 12.7 Å². The number of hydrogen-bond acceptors (Lipinski definition) is 5. The van der Waals surface area contributed by atoms with Crippen LogP contribution in [0.25, 0.3) is 5.69 Å². The van der Waals surface area contributed by atoms with E-state index in [1.165, 1.54) is 0 Å². The lowest BCUT2D eigenvalue weighted by molar-refractivity contribution is 0.0705. The van der Waals surface area contributed by atoms with Gasteiger partial charge in [-0.25, -0.2) is 0 Å². The van der Waals surface area contributed by atoms with E-state index in [0.717, 1.165) is 30.8 Å². The highest BCUT2D eigenvalue weighted by molar-refractivity contribution is 5.94. The number of rotatable bonds is 3. The van der Waals surface area contributed by atoms with E-state index >= 15 is 0 Å². The summed E-state index contributed by atoms with van der Waals surface area (Å²) in [5, 5.41) is 7.62. The Hall–Kier alpha value is -3.09. The van der Waals surface area contributed by atoms with Crippen molar-refractivity contribution in [2.45, 2.75) is 18.8 Å². The average molecular weight is 334 g/mol. The van der Waals surface area contributed by atoms with Gasteiger partial charge in [-0.1, -0.05) is 6.07 Å². The third-order valence-corrected chi connectivity index (χ3v) is 4.52. The van der Waals surface area contributed by atoms with Crippen LogP contribution in [0.2, 0.25) is 0 Å². The highest BCUT2D eigenvalue weighted by Gasteiger charge is 2.26. The third-order valence-electron chi connectivity index (χ3n) is 4.52. The molecule has 1 aromatic carbocycles. The topological polar surface area (TPSA) is 76.8 Å². The van der Waals surface area contributed by atoms with Crippen LogP contribution >= 0.6 is 0 Å². The quantitative estimate of drug-likeness (QED) is 0.733. The molecule has 0 spiro atoms. The summed E-state index contributed by atoms with van der Waals surface area (Å²) < 4.78 is 1.79. The maximum absolute atomic E-state index is 12.9. The molecule has 1 amide bonds. The molecule has 0 aliphatic carbocycles. The molecule has 7 heteroatoms. The molecule has 7 nitrogen and oxygen atoms in total. The first kappa shape index (κ1) is 15.4. The van der Waals surface area contributed by atoms with E-state index in [1.54, 1.807) is 35.8 Å². The van der Waals surface area contributed by atoms with Gasteiger partial charge in [0.05, 0.1) is 5.69 Å². The Morgan fingerprint density at radius 3 is 2.84 bits per heavy atom. The first-order valence-corrected chi connectivity index (χ1v) is 8.31. The van der Waals surface area contributed by atoms with E-state index in [-0.39, 0.29) is 11.8 Å². The van der Waals surface area contributed by atoms with Crippen molar-refractivity contribution in [2.24, 2.45) is 0 Å². The van der Waals surface area contributed by atoms with Crippen molar-refractivity contribution in [1.29, 1.82) is 0 Å². The Morgan fingerprint density at radius 2 is 2.04 bits per heavy atom. The maximum Gasteiger partial charge on any atom is 0.253 e. The summed E-state index contributed by atoms with van der Waals surface area (Å²) in [6, 6.07) is 7.53. The normalized spacial score (nSPS) is 17.4. The summed E-state index contributed by atoms with van der Waals surface area (Å²) in [7, 11) is 0. The molecule has 1 aliphatic heterocycles. The van der Waals surface area contributed by atoms with Gasteiger partial charge < -0.3 is 4.90 Å². The Morgan fingerprint density at radius 1 is 1.16 bits per heavy atom. The van der Waals surface area contributed by atoms with Crippen molar-refractivity contribution >= 4 is 5.91 Å². The fraction of sp³-hybridized carbons (Fsp3) is 0.278. The van der Waals surface area contributed by atoms with Gasteiger partial charge in [-0.2, -0.15) is 0 Å². The standard InChI is InChI=1S/C18H18N6O/c25-18(14-3-1-5-16(9-14)24-12-21-22-13-24)23-8-2-4-15(11-23)17-10-19-6-7-20-17/h1,3,5-7,9-10,12-13,15H,2,4,8,11H2/t15-/m0/s1. The fourth-order valence-electron chi connectivity index (χ4n) is 3.24. The van der Waals surface area contributed by atoms with Gasteiger partial charge in [-0.3, -0.25) is 19.3 Å². The molecule has 1 fully saturated rings. The molecule has 0 saturated carbocycles. The number of aromatic nitrogens is 5. The van der Waals surface area contributed by atoms with Crippen LogP contribution < -0.4 is 0 Å². The minimum atomic E-state index is 0.0449. The largest absolute Gasteiger partial charge is 0.338 e. The second-order valence-electron chi connectivity index (χ2n) is 6.14. The summed E-state index contributed by atoms with van der Waals surface area (Å²) in [6.45, 7) is 1.45. The number of likely N-dealkylation sites (tertiary alicyclic amines) is 1. The van der Waals surface area contributed by atoms with Crippen molar-refractivity contribution in [3.63, 3.8) is 0 Å². The van der Waals surface area contributed by atoms with Crippen LogP contribution in [0.15, 0.2) is 55.5 Å². The first-order chi connectivity index (χ1) is 12.3. The van der Waals surface area contributed by atoms with Crippen molar-refractivity contribution in [3.05, 3.63) is 66.8 Å². The minimum absolute atomic E-state index is 0.0449. The lowest BCUT2D eigenvalue weighted by Crippen LogP contribution is -2.39. The number of benzene rings is 1. The van der Waals surface area contributed by atoms with Gasteiger partial charge in [-0.05, 0) is 31.0 Å². The highest BCUT2D eigenvalue weighted by atomic mass is 16.2. The summed E-state index contributed by atoms with van der Waals surface area (Å²) in [5.41, 5.74) is 2.50. The van der Waals surface area contributed by atoms with Gasteiger partial charge >= 0.3 is 0 Å². The second-order valence-corrected chi connectivity index (χ2v) is 6.14. The van der Waals surface area contributed by atoms with Gasteiger partial charge in [0, 0.05) is 48.8 Å². The van der Waals surface area contributed by atoms with Gasteiger partial charge in [0.15, 0.2) is 0 Å². The first-order valence-electron chi connectivity index (χ1n) is 8.31. The predicted octanol–water partition coefficient (Wildman–Crippen LogP) is 2.08. The van der Waals surface area contributed by atoms with Crippen molar-refractivity contribution in [3.8, 4) is 5.69 Å². The smallest absolute Gasteiger partial charge is 0.253 e. The van der Waals surface area contributed by atoms with Crippen LogP contribution in [-0.4, -0.2) is 48.6 Å². The summed E-state index contributed by atoms with van der Waals surface area (Å²) >= 11 is 0. The second kappa shape index (κ2) is 6.80. The van der Waals surface area contributed by atoms with Crippen molar-refractivity contribution < 1.29 is 4.79 Å². The fourth-order valence-corrected chi connectivity index (χ4v) is 3.24. The average Bonchev–Trinajstić information content (AvgIpc) is 3.23. The predicted molar refractivity (Wildman–Crippen MR) is 91.3 cm³/mol. The van der Waals surface area contributed by atoms with Crippen LogP contribution in [0.4, 0.5) is 0 Å². The number of piperidine rings is 1. The van der Waals surface area contributed by atoms with Crippen LogP contribution in [0.1, 0.15) is 34.8 Å². The Kier molecular flexibility index (Phi) is 4.20. The minimum Gasteiger partial charge on any atom is -0.338 e. The SMILES string of the molecule is O=C(c1cccc(-n2cnnc2)c1)N1CCC[C@H](c2cnccn2)C1. The zero-order chi connectivity index (χ0) is 17.1. The van der Waals surface area contributed by atoms with E-state index in [0.29, 0.717) is 12.1 Å². The lowest BCUT2D eigenvalue weighted by Gasteiger charge is -2.32. The highest BCUT2D eigenvalue weighted by Crippen LogP contribution is 2.26. The summed E-state index contributed by atoms with van der Waals surface area (Å²) in [4.78, 5) is 23.4. The number of nitrogens with zero attached hydrogens (tertiary/aromatic N) is 6. The van der Waals surface area contributed by atoms with Gasteiger partial charge in [0.2, 0.25) is 0 Å². The molecule has 3 aromatic rings. The van der Waals surface area contributed by atoms with E-state index < -0.39 is 0 Å². The van der Waals surface area contributed by atoms with Crippen LogP contribution in [-0.2, 0) is 0 Å². The molecule has 126 valence electrons. The molecule has 0 bridgehead atoms. The molecule has 2 aromatic heterocycles. The molecule has 25 heavy (non-hydrogen) atoms. The Balaban J connectivity index is 1.53. The summed E-state index contributed by atoms with van der Waals surface area (Å²) in [6.07, 6.45) is 10.4. The number of hydrogen-bond donors (Lipinski definition) is 0. The molecule has 1 aliphatic rings. The van der Waals surface area contributed by atoms with E-state index in [1.807, 2.05) is 29.2 Å². The maximum atomic E-state index is 12.9. The Labute approximate surface area is 145 Å². The van der Waals surface area contributed by atoms with Crippen molar-refractivity contribution in [1.82, 2.24) is 29.6 Å². The Bertz CT molecular complexity index is 849. The molecule has 3 heterocycles. The van der Waals surface area contributed by atoms with Crippen molar-refractivity contribution in [2.75, 3.05) is 13.1 Å². The molecule has 1 saturated heterocycles. The zero-order valence-corrected chi connectivity index (χ0v) is 13.7. The van der Waals surface area contributed by atoms with Gasteiger partial charge in [0.25, 0.3) is 5.91 Å². The van der Waals surface area contributed by atoms with Crippen LogP contribution in [0.3, 0.4) is 0 Å². The lowest BCUT2D eigenvalue weighted by atomic mass is 9.94. The number of carbonyl (C=O) groups excluding carboxylic acids is 1. The van der Waals surface area contributed by atoms with Gasteiger partial charge in [-0.15, -0.1) is 10.2 Å². The molecule has 4 rings (SSSR count). The number of amides is 1. The zero-order valence-electron chi connectivity index (χ0n) is 13.7. The van der Waals surface area contributed by atoms with Crippen LogP contribution in [0.5, 0.6) is 0 Å². The molecule has 1 atom stereocenters. The monoisotopic (exact) mass is 334 g/mol. The van der Waals surface area contributed by atoms with E-state index in [2.05, 4.69) is 20.2 Å². The van der Waals surface area contributed by atoms with E-state index in [4.69, 9.17) is 0 Å². The van der Waals surface area contributed by atoms with E-state index in [9.17, 15) is 4.79 Å². The molecule has 0 unspecified atom stereocenters. The molecule has 0 N–H and O–H groups in total. The molecular formula is C18H18N6O. The molecule has 0 radical (unpaired) electrons. The summed E-state index contributed by atoms with van der Waals surface area (Å²) in [5.74, 6) is 0.288. The number of carbonyl (C=O) groups is 1. The molecular weight excluding hydrogens is 316 g/mol.